The molecule has 2 unspecified atom stereocenters. The number of likely N-dealkylation sites (tertiary alicyclic amines) is 1. The Morgan fingerprint density at radius 2 is 1.81 bits per heavy atom. The van der Waals surface area contributed by atoms with Crippen LogP contribution in [0.5, 0.6) is 0 Å². The van der Waals surface area contributed by atoms with E-state index in [0.29, 0.717) is 12.0 Å². The van der Waals surface area contributed by atoms with Crippen molar-refractivity contribution in [3.05, 3.63) is 0 Å². The predicted octanol–water partition coefficient (Wildman–Crippen LogP) is 1.73. The predicted molar refractivity (Wildman–Crippen MR) is 68.8 cm³/mol. The Hall–Kier alpha value is -0.120. The average molecular weight is 228 g/mol. The first kappa shape index (κ1) is 13.9. The van der Waals surface area contributed by atoms with E-state index in [1.54, 1.807) is 7.11 Å². The van der Waals surface area contributed by atoms with Crippen LogP contribution in [0, 0.1) is 5.92 Å². The third-order valence-electron chi connectivity index (χ3n) is 3.40. The molecule has 0 bridgehead atoms. The number of ether oxygens (including phenoxy) is 1. The van der Waals surface area contributed by atoms with Gasteiger partial charge in [0.2, 0.25) is 0 Å². The number of methoxy groups -OCH3 is 1. The molecule has 1 saturated heterocycles. The molecule has 1 rings (SSSR count). The van der Waals surface area contributed by atoms with Gasteiger partial charge in [-0.15, -0.1) is 0 Å². The highest BCUT2D eigenvalue weighted by atomic mass is 16.5. The van der Waals surface area contributed by atoms with Crippen LogP contribution in [0.4, 0.5) is 0 Å². The van der Waals surface area contributed by atoms with Gasteiger partial charge in [0.25, 0.3) is 0 Å². The van der Waals surface area contributed by atoms with Gasteiger partial charge in [-0.1, -0.05) is 13.3 Å². The SMILES string of the molecule is COCC(C)CNCC(C)N1CCCCC1. The first-order valence-electron chi connectivity index (χ1n) is 6.67. The zero-order valence-electron chi connectivity index (χ0n) is 11.2. The molecule has 0 radical (unpaired) electrons. The molecule has 3 nitrogen and oxygen atoms in total. The second-order valence-corrected chi connectivity index (χ2v) is 5.16. The van der Waals surface area contributed by atoms with Gasteiger partial charge in [0.1, 0.15) is 0 Å². The Morgan fingerprint density at radius 3 is 2.44 bits per heavy atom. The Morgan fingerprint density at radius 1 is 1.12 bits per heavy atom. The second-order valence-electron chi connectivity index (χ2n) is 5.16. The van der Waals surface area contributed by atoms with Crippen molar-refractivity contribution < 1.29 is 4.74 Å². The lowest BCUT2D eigenvalue weighted by Gasteiger charge is -2.32. The maximum absolute atomic E-state index is 5.13. The standard InChI is InChI=1S/C13H28N2O/c1-12(11-16-3)9-14-10-13(2)15-7-5-4-6-8-15/h12-14H,4-11H2,1-3H3. The molecule has 0 saturated carbocycles. The lowest BCUT2D eigenvalue weighted by Crippen LogP contribution is -2.44. The lowest BCUT2D eigenvalue weighted by atomic mass is 10.1. The van der Waals surface area contributed by atoms with E-state index in [1.165, 1.54) is 32.4 Å². The van der Waals surface area contributed by atoms with Crippen LogP contribution in [0.1, 0.15) is 33.1 Å². The first-order chi connectivity index (χ1) is 7.74. The molecule has 2 atom stereocenters. The molecule has 16 heavy (non-hydrogen) atoms. The van der Waals surface area contributed by atoms with Crippen LogP contribution in [0.15, 0.2) is 0 Å². The summed E-state index contributed by atoms with van der Waals surface area (Å²) in [5.74, 6) is 0.610. The highest BCUT2D eigenvalue weighted by molar-refractivity contribution is 4.73. The van der Waals surface area contributed by atoms with E-state index < -0.39 is 0 Å². The lowest BCUT2D eigenvalue weighted by molar-refractivity contribution is 0.149. The van der Waals surface area contributed by atoms with Crippen LogP contribution in [-0.4, -0.2) is 50.8 Å². The van der Waals surface area contributed by atoms with E-state index in [-0.39, 0.29) is 0 Å². The number of rotatable bonds is 7. The number of hydrogen-bond donors (Lipinski definition) is 1. The minimum Gasteiger partial charge on any atom is -0.384 e. The van der Waals surface area contributed by atoms with Crippen LogP contribution < -0.4 is 5.32 Å². The molecule has 1 aliphatic heterocycles. The summed E-state index contributed by atoms with van der Waals surface area (Å²) in [4.78, 5) is 2.61. The first-order valence-corrected chi connectivity index (χ1v) is 6.67. The van der Waals surface area contributed by atoms with E-state index >= 15 is 0 Å². The topological polar surface area (TPSA) is 24.5 Å². The number of piperidine rings is 1. The summed E-state index contributed by atoms with van der Waals surface area (Å²) in [6.45, 7) is 10.2. The van der Waals surface area contributed by atoms with Gasteiger partial charge in [0.15, 0.2) is 0 Å². The fourth-order valence-electron chi connectivity index (χ4n) is 2.37. The smallest absolute Gasteiger partial charge is 0.0499 e. The minimum atomic E-state index is 0.610. The van der Waals surface area contributed by atoms with Crippen molar-refractivity contribution >= 4 is 0 Å². The zero-order chi connectivity index (χ0) is 11.8. The summed E-state index contributed by atoms with van der Waals surface area (Å²) in [5.41, 5.74) is 0. The normalized spacial score (nSPS) is 21.9. The Bertz CT molecular complexity index is 169. The molecule has 1 fully saturated rings. The largest absolute Gasteiger partial charge is 0.384 e. The van der Waals surface area contributed by atoms with Crippen LogP contribution in [0.2, 0.25) is 0 Å². The molecule has 0 aromatic carbocycles. The Balaban J connectivity index is 2.07. The van der Waals surface area contributed by atoms with Gasteiger partial charge in [0.05, 0.1) is 0 Å². The fourth-order valence-corrected chi connectivity index (χ4v) is 2.37. The summed E-state index contributed by atoms with van der Waals surface area (Å²) in [6, 6.07) is 0.676. The molecule has 0 aromatic rings. The third kappa shape index (κ3) is 5.28. The molecule has 0 spiro atoms. The van der Waals surface area contributed by atoms with Crippen molar-refractivity contribution in [3.63, 3.8) is 0 Å². The van der Waals surface area contributed by atoms with Gasteiger partial charge in [0, 0.05) is 26.3 Å². The number of nitrogens with zero attached hydrogens (tertiary/aromatic N) is 1. The van der Waals surface area contributed by atoms with Gasteiger partial charge < -0.3 is 10.1 Å². The number of hydrogen-bond acceptors (Lipinski definition) is 3. The summed E-state index contributed by atoms with van der Waals surface area (Å²) in [6.07, 6.45) is 4.18. The van der Waals surface area contributed by atoms with Crippen molar-refractivity contribution in [2.45, 2.75) is 39.2 Å². The average Bonchev–Trinajstić information content (AvgIpc) is 2.30. The van der Waals surface area contributed by atoms with Crippen molar-refractivity contribution in [3.8, 4) is 0 Å². The van der Waals surface area contributed by atoms with Crippen LogP contribution in [0.3, 0.4) is 0 Å². The van der Waals surface area contributed by atoms with E-state index in [9.17, 15) is 0 Å². The fraction of sp³-hybridized carbons (Fsp3) is 1.00. The molecule has 0 aromatic heterocycles. The minimum absolute atomic E-state index is 0.610. The molecule has 3 heteroatoms. The van der Waals surface area contributed by atoms with E-state index in [0.717, 1.165) is 19.7 Å². The molecular weight excluding hydrogens is 200 g/mol. The van der Waals surface area contributed by atoms with E-state index in [1.807, 2.05) is 0 Å². The molecule has 96 valence electrons. The maximum Gasteiger partial charge on any atom is 0.0499 e. The van der Waals surface area contributed by atoms with Crippen LogP contribution >= 0.6 is 0 Å². The molecule has 0 aliphatic carbocycles. The van der Waals surface area contributed by atoms with Gasteiger partial charge in [-0.3, -0.25) is 4.90 Å². The quantitative estimate of drug-likeness (QED) is 0.718. The summed E-state index contributed by atoms with van der Waals surface area (Å²) in [5, 5.41) is 3.55. The molecular formula is C13H28N2O. The third-order valence-corrected chi connectivity index (χ3v) is 3.40. The van der Waals surface area contributed by atoms with Gasteiger partial charge in [-0.05, 0) is 45.3 Å². The van der Waals surface area contributed by atoms with Crippen molar-refractivity contribution in [2.24, 2.45) is 5.92 Å². The van der Waals surface area contributed by atoms with Gasteiger partial charge in [-0.25, -0.2) is 0 Å². The molecule has 1 aliphatic rings. The monoisotopic (exact) mass is 228 g/mol. The van der Waals surface area contributed by atoms with Crippen molar-refractivity contribution in [1.29, 1.82) is 0 Å². The highest BCUT2D eigenvalue weighted by Gasteiger charge is 2.16. The summed E-state index contributed by atoms with van der Waals surface area (Å²) in [7, 11) is 1.77. The van der Waals surface area contributed by atoms with E-state index in [2.05, 4.69) is 24.1 Å². The van der Waals surface area contributed by atoms with E-state index in [4.69, 9.17) is 4.74 Å². The molecule has 1 N–H and O–H groups in total. The van der Waals surface area contributed by atoms with Crippen LogP contribution in [-0.2, 0) is 4.74 Å². The van der Waals surface area contributed by atoms with Gasteiger partial charge in [-0.2, -0.15) is 0 Å². The number of nitrogens with one attached hydrogen (secondary N) is 1. The summed E-state index contributed by atoms with van der Waals surface area (Å²) >= 11 is 0. The highest BCUT2D eigenvalue weighted by Crippen LogP contribution is 2.11. The zero-order valence-corrected chi connectivity index (χ0v) is 11.2. The molecule has 1 heterocycles. The summed E-state index contributed by atoms with van der Waals surface area (Å²) < 4.78 is 5.13. The Labute approximate surface area is 101 Å². The van der Waals surface area contributed by atoms with Crippen LogP contribution in [0.25, 0.3) is 0 Å². The van der Waals surface area contributed by atoms with Gasteiger partial charge >= 0.3 is 0 Å². The van der Waals surface area contributed by atoms with Crippen molar-refractivity contribution in [2.75, 3.05) is 39.9 Å². The molecule has 0 amide bonds. The maximum atomic E-state index is 5.13. The van der Waals surface area contributed by atoms with Crippen molar-refractivity contribution in [1.82, 2.24) is 10.2 Å². The Kier molecular flexibility index (Phi) is 7.01. The second kappa shape index (κ2) is 8.04.